The standard InChI is InChI=1S/C20H17ClN2O5/c1-26-15-10-9-12(21)11-14(15)17-16(19(24)27-2)18(20(25)28-3)23(22-17)13-7-5-4-6-8-13/h4-11H,1-3H3. The molecule has 0 N–H and O–H groups in total. The molecule has 8 heteroatoms. The number of esters is 2. The van der Waals surface area contributed by atoms with Crippen molar-refractivity contribution in [3.63, 3.8) is 0 Å². The monoisotopic (exact) mass is 400 g/mol. The lowest BCUT2D eigenvalue weighted by Crippen LogP contribution is -2.15. The van der Waals surface area contributed by atoms with Crippen LogP contribution in [0.5, 0.6) is 5.75 Å². The topological polar surface area (TPSA) is 79.7 Å². The molecule has 28 heavy (non-hydrogen) atoms. The number of aromatic nitrogens is 2. The summed E-state index contributed by atoms with van der Waals surface area (Å²) in [4.78, 5) is 25.2. The number of carbonyl (C=O) groups excluding carboxylic acids is 2. The van der Waals surface area contributed by atoms with Gasteiger partial charge in [-0.1, -0.05) is 29.8 Å². The first kappa shape index (κ1) is 19.4. The lowest BCUT2D eigenvalue weighted by molar-refractivity contribution is 0.0549. The summed E-state index contributed by atoms with van der Waals surface area (Å²) in [6, 6.07) is 13.8. The van der Waals surface area contributed by atoms with Gasteiger partial charge in [0, 0.05) is 10.6 Å². The molecule has 0 bridgehead atoms. The minimum Gasteiger partial charge on any atom is -0.496 e. The van der Waals surface area contributed by atoms with Crippen LogP contribution in [0.4, 0.5) is 0 Å². The van der Waals surface area contributed by atoms with E-state index in [9.17, 15) is 9.59 Å². The number of halogens is 1. The van der Waals surface area contributed by atoms with Crippen LogP contribution >= 0.6 is 11.6 Å². The Morgan fingerprint density at radius 1 is 0.964 bits per heavy atom. The van der Waals surface area contributed by atoms with Crippen LogP contribution in [-0.4, -0.2) is 43.0 Å². The van der Waals surface area contributed by atoms with Crippen molar-refractivity contribution < 1.29 is 23.8 Å². The van der Waals surface area contributed by atoms with Gasteiger partial charge in [0.2, 0.25) is 0 Å². The van der Waals surface area contributed by atoms with Gasteiger partial charge in [-0.25, -0.2) is 14.3 Å². The lowest BCUT2D eigenvalue weighted by atomic mass is 10.0. The van der Waals surface area contributed by atoms with E-state index in [1.807, 2.05) is 6.07 Å². The van der Waals surface area contributed by atoms with E-state index in [0.717, 1.165) is 0 Å². The predicted molar refractivity (Wildman–Crippen MR) is 103 cm³/mol. The molecule has 2 aromatic carbocycles. The maximum absolute atomic E-state index is 12.6. The highest BCUT2D eigenvalue weighted by Crippen LogP contribution is 2.36. The van der Waals surface area contributed by atoms with Gasteiger partial charge < -0.3 is 14.2 Å². The van der Waals surface area contributed by atoms with Gasteiger partial charge in [0.15, 0.2) is 5.69 Å². The molecule has 1 aromatic heterocycles. The Labute approximate surface area is 166 Å². The molecule has 0 saturated heterocycles. The van der Waals surface area contributed by atoms with E-state index in [-0.39, 0.29) is 17.0 Å². The molecule has 0 radical (unpaired) electrons. The van der Waals surface area contributed by atoms with E-state index in [0.29, 0.717) is 22.0 Å². The van der Waals surface area contributed by atoms with Gasteiger partial charge in [-0.05, 0) is 30.3 Å². The summed E-state index contributed by atoms with van der Waals surface area (Å²) in [5, 5.41) is 4.93. The normalized spacial score (nSPS) is 10.4. The van der Waals surface area contributed by atoms with Crippen LogP contribution in [0.3, 0.4) is 0 Å². The van der Waals surface area contributed by atoms with Crippen molar-refractivity contribution in [3.8, 4) is 22.7 Å². The second kappa shape index (κ2) is 8.14. The predicted octanol–water partition coefficient (Wildman–Crippen LogP) is 3.77. The molecule has 0 spiro atoms. The van der Waals surface area contributed by atoms with Crippen molar-refractivity contribution in [3.05, 3.63) is 64.8 Å². The molecular weight excluding hydrogens is 384 g/mol. The minimum absolute atomic E-state index is 0.0428. The molecule has 7 nitrogen and oxygen atoms in total. The molecule has 3 rings (SSSR count). The highest BCUT2D eigenvalue weighted by atomic mass is 35.5. The van der Waals surface area contributed by atoms with Crippen molar-refractivity contribution in [1.29, 1.82) is 0 Å². The lowest BCUT2D eigenvalue weighted by Gasteiger charge is -2.08. The average molecular weight is 401 g/mol. The number of ether oxygens (including phenoxy) is 3. The number of benzene rings is 2. The van der Waals surface area contributed by atoms with E-state index < -0.39 is 11.9 Å². The molecule has 144 valence electrons. The van der Waals surface area contributed by atoms with Crippen LogP contribution < -0.4 is 4.74 Å². The molecule has 0 aliphatic heterocycles. The summed E-state index contributed by atoms with van der Waals surface area (Å²) in [6.07, 6.45) is 0. The molecule has 0 aliphatic carbocycles. The Hall–Kier alpha value is -3.32. The van der Waals surface area contributed by atoms with Crippen molar-refractivity contribution in [2.75, 3.05) is 21.3 Å². The van der Waals surface area contributed by atoms with Gasteiger partial charge in [0.1, 0.15) is 17.0 Å². The number of methoxy groups -OCH3 is 3. The molecule has 0 atom stereocenters. The summed E-state index contributed by atoms with van der Waals surface area (Å²) < 4.78 is 16.5. The second-order valence-electron chi connectivity index (χ2n) is 5.65. The van der Waals surface area contributed by atoms with Crippen LogP contribution in [0.15, 0.2) is 48.5 Å². The molecule has 0 unspecified atom stereocenters. The average Bonchev–Trinajstić information content (AvgIpc) is 3.13. The fraction of sp³-hybridized carbons (Fsp3) is 0.150. The largest absolute Gasteiger partial charge is 0.496 e. The van der Waals surface area contributed by atoms with E-state index >= 15 is 0 Å². The maximum Gasteiger partial charge on any atom is 0.357 e. The summed E-state index contributed by atoms with van der Waals surface area (Å²) >= 11 is 6.14. The van der Waals surface area contributed by atoms with E-state index in [2.05, 4.69) is 5.10 Å². The number of hydrogen-bond acceptors (Lipinski definition) is 6. The molecule has 0 aliphatic rings. The Morgan fingerprint density at radius 2 is 1.64 bits per heavy atom. The zero-order valence-corrected chi connectivity index (χ0v) is 16.2. The number of nitrogens with zero attached hydrogens (tertiary/aromatic N) is 2. The molecule has 0 amide bonds. The highest BCUT2D eigenvalue weighted by Gasteiger charge is 2.32. The quantitative estimate of drug-likeness (QED) is 0.606. The molecule has 3 aromatic rings. The van der Waals surface area contributed by atoms with Gasteiger partial charge in [0.25, 0.3) is 0 Å². The zero-order valence-electron chi connectivity index (χ0n) is 15.4. The number of rotatable bonds is 5. The first-order valence-corrected chi connectivity index (χ1v) is 8.58. The van der Waals surface area contributed by atoms with Crippen LogP contribution in [0.25, 0.3) is 16.9 Å². The summed E-state index contributed by atoms with van der Waals surface area (Å²) in [7, 11) is 3.94. The minimum atomic E-state index is -0.736. The number of para-hydroxylation sites is 1. The zero-order chi connectivity index (χ0) is 20.3. The molecule has 0 fully saturated rings. The summed E-state index contributed by atoms with van der Waals surface area (Å²) in [5.74, 6) is -1.03. The SMILES string of the molecule is COC(=O)c1c(-c2cc(Cl)ccc2OC)nn(-c2ccccc2)c1C(=O)OC. The van der Waals surface area contributed by atoms with Gasteiger partial charge in [-0.3, -0.25) is 0 Å². The Morgan fingerprint density at radius 3 is 2.25 bits per heavy atom. The highest BCUT2D eigenvalue weighted by molar-refractivity contribution is 6.31. The van der Waals surface area contributed by atoms with Crippen molar-refractivity contribution in [2.45, 2.75) is 0 Å². The molecule has 0 saturated carbocycles. The third-order valence-electron chi connectivity index (χ3n) is 4.07. The molecular formula is C20H17ClN2O5. The van der Waals surface area contributed by atoms with Gasteiger partial charge >= 0.3 is 11.9 Å². The third kappa shape index (κ3) is 3.44. The fourth-order valence-corrected chi connectivity index (χ4v) is 2.98. The van der Waals surface area contributed by atoms with Crippen LogP contribution in [0.1, 0.15) is 20.8 Å². The van der Waals surface area contributed by atoms with Crippen LogP contribution in [-0.2, 0) is 9.47 Å². The smallest absolute Gasteiger partial charge is 0.357 e. The second-order valence-corrected chi connectivity index (χ2v) is 6.08. The first-order valence-electron chi connectivity index (χ1n) is 8.20. The van der Waals surface area contributed by atoms with E-state index in [1.54, 1.807) is 42.5 Å². The molecule has 1 heterocycles. The fourth-order valence-electron chi connectivity index (χ4n) is 2.81. The Bertz CT molecular complexity index is 1030. The number of carbonyl (C=O) groups is 2. The Kier molecular flexibility index (Phi) is 5.65. The summed E-state index contributed by atoms with van der Waals surface area (Å²) in [6.45, 7) is 0. The van der Waals surface area contributed by atoms with Crippen LogP contribution in [0.2, 0.25) is 5.02 Å². The van der Waals surface area contributed by atoms with Crippen molar-refractivity contribution in [2.24, 2.45) is 0 Å². The van der Waals surface area contributed by atoms with Crippen LogP contribution in [0, 0.1) is 0 Å². The summed E-state index contributed by atoms with van der Waals surface area (Å²) in [5.41, 5.74) is 1.10. The first-order chi connectivity index (χ1) is 13.5. The van der Waals surface area contributed by atoms with E-state index in [1.165, 1.54) is 26.0 Å². The van der Waals surface area contributed by atoms with Gasteiger partial charge in [-0.15, -0.1) is 0 Å². The maximum atomic E-state index is 12.6. The third-order valence-corrected chi connectivity index (χ3v) is 4.31. The van der Waals surface area contributed by atoms with Crippen molar-refractivity contribution >= 4 is 23.5 Å². The van der Waals surface area contributed by atoms with Gasteiger partial charge in [0.05, 0.1) is 27.0 Å². The van der Waals surface area contributed by atoms with Crippen molar-refractivity contribution in [1.82, 2.24) is 9.78 Å². The number of hydrogen-bond donors (Lipinski definition) is 0. The van der Waals surface area contributed by atoms with Gasteiger partial charge in [-0.2, -0.15) is 5.10 Å². The van der Waals surface area contributed by atoms with E-state index in [4.69, 9.17) is 25.8 Å². The Balaban J connectivity index is 2.41.